The second-order valence-electron chi connectivity index (χ2n) is 7.56. The molecule has 1 saturated heterocycles. The third kappa shape index (κ3) is 4.03. The SMILES string of the molecule is CCc1ccc(CN(C)C(=O)CN2C(=O)NC(C)(c3cccc(C#N)c3)C2=O)cc1. The lowest BCUT2D eigenvalue weighted by molar-refractivity contribution is -0.138. The van der Waals surface area contributed by atoms with E-state index < -0.39 is 17.5 Å². The van der Waals surface area contributed by atoms with Gasteiger partial charge in [0.25, 0.3) is 5.91 Å². The molecule has 4 amide bonds. The summed E-state index contributed by atoms with van der Waals surface area (Å²) in [4.78, 5) is 40.6. The number of carbonyl (C=O) groups excluding carboxylic acids is 3. The normalized spacial score (nSPS) is 18.1. The minimum atomic E-state index is -1.32. The first kappa shape index (κ1) is 21.1. The number of aryl methyl sites for hydroxylation is 1. The van der Waals surface area contributed by atoms with E-state index in [0.717, 1.165) is 16.9 Å². The van der Waals surface area contributed by atoms with Gasteiger partial charge in [0.15, 0.2) is 0 Å². The number of urea groups is 1. The third-order valence-corrected chi connectivity index (χ3v) is 5.41. The minimum Gasteiger partial charge on any atom is -0.340 e. The highest BCUT2D eigenvalue weighted by Gasteiger charge is 2.49. The van der Waals surface area contributed by atoms with Crippen LogP contribution in [0, 0.1) is 11.3 Å². The fourth-order valence-electron chi connectivity index (χ4n) is 3.43. The molecule has 30 heavy (non-hydrogen) atoms. The molecule has 154 valence electrons. The Morgan fingerprint density at radius 1 is 1.17 bits per heavy atom. The predicted octanol–water partition coefficient (Wildman–Crippen LogP) is 2.55. The van der Waals surface area contributed by atoms with E-state index in [1.807, 2.05) is 30.3 Å². The first-order chi connectivity index (χ1) is 14.3. The van der Waals surface area contributed by atoms with E-state index in [9.17, 15) is 14.4 Å². The van der Waals surface area contributed by atoms with Gasteiger partial charge in [-0.3, -0.25) is 14.5 Å². The Bertz CT molecular complexity index is 1030. The van der Waals surface area contributed by atoms with Crippen LogP contribution in [0.3, 0.4) is 0 Å². The molecule has 0 spiro atoms. The standard InChI is InChI=1S/C23H24N4O3/c1-4-16-8-10-17(11-9-16)14-26(3)20(28)15-27-21(29)23(2,25-22(27)30)19-7-5-6-18(12-19)13-24/h5-12H,4,14-15H2,1-3H3,(H,25,30). The molecule has 0 aliphatic carbocycles. The van der Waals surface area contributed by atoms with Crippen LogP contribution in [0.1, 0.15) is 36.1 Å². The maximum absolute atomic E-state index is 13.0. The van der Waals surface area contributed by atoms with E-state index >= 15 is 0 Å². The molecular weight excluding hydrogens is 380 g/mol. The first-order valence-corrected chi connectivity index (χ1v) is 9.75. The molecule has 7 heteroatoms. The Morgan fingerprint density at radius 2 is 1.83 bits per heavy atom. The Kier molecular flexibility index (Phi) is 5.88. The first-order valence-electron chi connectivity index (χ1n) is 9.75. The van der Waals surface area contributed by atoms with Crippen molar-refractivity contribution in [3.63, 3.8) is 0 Å². The molecule has 3 rings (SSSR count). The average Bonchev–Trinajstić information content (AvgIpc) is 2.98. The van der Waals surface area contributed by atoms with Gasteiger partial charge in [0.05, 0.1) is 11.6 Å². The minimum absolute atomic E-state index is 0.340. The zero-order valence-corrected chi connectivity index (χ0v) is 17.3. The number of amides is 4. The number of nitrogens with one attached hydrogen (secondary N) is 1. The topological polar surface area (TPSA) is 93.5 Å². The van der Waals surface area contributed by atoms with E-state index in [-0.39, 0.29) is 12.5 Å². The van der Waals surface area contributed by atoms with Crippen molar-refractivity contribution in [1.29, 1.82) is 5.26 Å². The van der Waals surface area contributed by atoms with E-state index in [0.29, 0.717) is 17.7 Å². The Morgan fingerprint density at radius 3 is 2.47 bits per heavy atom. The van der Waals surface area contributed by atoms with Crippen molar-refractivity contribution in [3.05, 3.63) is 70.8 Å². The second kappa shape index (κ2) is 8.37. The highest BCUT2D eigenvalue weighted by Crippen LogP contribution is 2.29. The van der Waals surface area contributed by atoms with Gasteiger partial charge in [0.2, 0.25) is 5.91 Å². The van der Waals surface area contributed by atoms with Crippen LogP contribution in [-0.2, 0) is 28.1 Å². The van der Waals surface area contributed by atoms with Crippen molar-refractivity contribution in [2.45, 2.75) is 32.4 Å². The lowest BCUT2D eigenvalue weighted by atomic mass is 9.91. The molecule has 1 unspecified atom stereocenters. The smallest absolute Gasteiger partial charge is 0.325 e. The van der Waals surface area contributed by atoms with Crippen LogP contribution < -0.4 is 5.32 Å². The number of imide groups is 1. The van der Waals surface area contributed by atoms with Crippen molar-refractivity contribution in [3.8, 4) is 6.07 Å². The van der Waals surface area contributed by atoms with Gasteiger partial charge in [-0.2, -0.15) is 5.26 Å². The van der Waals surface area contributed by atoms with Crippen molar-refractivity contribution in [2.24, 2.45) is 0 Å². The molecule has 0 bridgehead atoms. The Labute approximate surface area is 175 Å². The van der Waals surface area contributed by atoms with Crippen molar-refractivity contribution >= 4 is 17.8 Å². The van der Waals surface area contributed by atoms with Crippen LogP contribution in [0.2, 0.25) is 0 Å². The van der Waals surface area contributed by atoms with Crippen LogP contribution in [0.5, 0.6) is 0 Å². The maximum atomic E-state index is 13.0. The van der Waals surface area contributed by atoms with Gasteiger partial charge in [-0.25, -0.2) is 4.79 Å². The molecule has 1 heterocycles. The van der Waals surface area contributed by atoms with Crippen LogP contribution in [0.4, 0.5) is 4.79 Å². The van der Waals surface area contributed by atoms with Gasteiger partial charge in [-0.1, -0.05) is 43.3 Å². The summed E-state index contributed by atoms with van der Waals surface area (Å²) in [7, 11) is 1.64. The number of nitrogens with zero attached hydrogens (tertiary/aromatic N) is 3. The largest absolute Gasteiger partial charge is 0.340 e. The highest BCUT2D eigenvalue weighted by molar-refractivity contribution is 6.09. The molecule has 0 saturated carbocycles. The van der Waals surface area contributed by atoms with Gasteiger partial charge in [0, 0.05) is 13.6 Å². The molecular formula is C23H24N4O3. The number of hydrogen-bond donors (Lipinski definition) is 1. The summed E-state index contributed by atoms with van der Waals surface area (Å²) in [5.74, 6) is -0.857. The number of rotatable bonds is 6. The van der Waals surface area contributed by atoms with Crippen LogP contribution in [0.15, 0.2) is 48.5 Å². The molecule has 1 aliphatic heterocycles. The van der Waals surface area contributed by atoms with Crippen molar-refractivity contribution in [1.82, 2.24) is 15.1 Å². The summed E-state index contributed by atoms with van der Waals surface area (Å²) < 4.78 is 0. The quantitative estimate of drug-likeness (QED) is 0.749. The number of hydrogen-bond acceptors (Lipinski definition) is 4. The summed E-state index contributed by atoms with van der Waals surface area (Å²) in [6, 6.07) is 15.9. The average molecular weight is 404 g/mol. The van der Waals surface area contributed by atoms with Gasteiger partial charge in [-0.05, 0) is 42.2 Å². The summed E-state index contributed by atoms with van der Waals surface area (Å²) in [6.07, 6.45) is 0.942. The van der Waals surface area contributed by atoms with Crippen molar-refractivity contribution in [2.75, 3.05) is 13.6 Å². The van der Waals surface area contributed by atoms with E-state index in [4.69, 9.17) is 5.26 Å². The van der Waals surface area contributed by atoms with E-state index in [1.54, 1.807) is 38.2 Å². The number of nitriles is 1. The van der Waals surface area contributed by atoms with E-state index in [1.165, 1.54) is 10.5 Å². The Hall–Kier alpha value is -3.66. The molecule has 1 aliphatic rings. The summed E-state index contributed by atoms with van der Waals surface area (Å²) >= 11 is 0. The maximum Gasteiger partial charge on any atom is 0.325 e. The molecule has 0 aromatic heterocycles. The molecule has 2 aromatic carbocycles. The summed E-state index contributed by atoms with van der Waals surface area (Å²) in [5, 5.41) is 11.8. The molecule has 1 N–H and O–H groups in total. The monoisotopic (exact) mass is 404 g/mol. The van der Waals surface area contributed by atoms with Crippen LogP contribution >= 0.6 is 0 Å². The molecule has 1 fully saturated rings. The van der Waals surface area contributed by atoms with Crippen LogP contribution in [0.25, 0.3) is 0 Å². The Balaban J connectivity index is 1.71. The lowest BCUT2D eigenvalue weighted by Crippen LogP contribution is -2.43. The van der Waals surface area contributed by atoms with E-state index in [2.05, 4.69) is 12.2 Å². The number of carbonyl (C=O) groups is 3. The third-order valence-electron chi connectivity index (χ3n) is 5.41. The molecule has 0 radical (unpaired) electrons. The van der Waals surface area contributed by atoms with Gasteiger partial charge in [0.1, 0.15) is 12.1 Å². The second-order valence-corrected chi connectivity index (χ2v) is 7.56. The zero-order chi connectivity index (χ0) is 21.9. The predicted molar refractivity (Wildman–Crippen MR) is 111 cm³/mol. The lowest BCUT2D eigenvalue weighted by Gasteiger charge is -2.23. The number of likely N-dealkylation sites (N-methyl/N-ethyl adjacent to an activating group) is 1. The van der Waals surface area contributed by atoms with Gasteiger partial charge >= 0.3 is 6.03 Å². The molecule has 1 atom stereocenters. The van der Waals surface area contributed by atoms with Crippen molar-refractivity contribution < 1.29 is 14.4 Å². The molecule has 7 nitrogen and oxygen atoms in total. The molecule has 2 aromatic rings. The summed E-state index contributed by atoms with van der Waals surface area (Å²) in [5.41, 5.74) is 1.75. The fourth-order valence-corrected chi connectivity index (χ4v) is 3.43. The fraction of sp³-hybridized carbons (Fsp3) is 0.304. The zero-order valence-electron chi connectivity index (χ0n) is 17.3. The highest BCUT2D eigenvalue weighted by atomic mass is 16.2. The van der Waals surface area contributed by atoms with Gasteiger partial charge in [-0.15, -0.1) is 0 Å². The van der Waals surface area contributed by atoms with Crippen LogP contribution in [-0.4, -0.2) is 41.2 Å². The number of benzene rings is 2. The van der Waals surface area contributed by atoms with Gasteiger partial charge < -0.3 is 10.2 Å². The summed E-state index contributed by atoms with van der Waals surface area (Å²) in [6.45, 7) is 3.69.